The lowest BCUT2D eigenvalue weighted by Crippen LogP contribution is -2.17. The number of halogens is 1. The summed E-state index contributed by atoms with van der Waals surface area (Å²) in [5.74, 6) is 0. The molecule has 96 valence electrons. The number of hydrogen-bond donors (Lipinski definition) is 2. The molecule has 0 amide bonds. The molecule has 2 aromatic rings. The molecule has 0 aliphatic rings. The van der Waals surface area contributed by atoms with Gasteiger partial charge in [-0.2, -0.15) is 0 Å². The fraction of sp³-hybridized carbons (Fsp3) is 0.300. The quantitative estimate of drug-likeness (QED) is 0.893. The van der Waals surface area contributed by atoms with Gasteiger partial charge in [0, 0.05) is 17.2 Å². The average molecular weight is 330 g/mol. The van der Waals surface area contributed by atoms with Crippen LogP contribution < -0.4 is 11.4 Å². The van der Waals surface area contributed by atoms with E-state index in [1.807, 2.05) is 6.92 Å². The van der Waals surface area contributed by atoms with Crippen molar-refractivity contribution in [3.63, 3.8) is 0 Å². The van der Waals surface area contributed by atoms with Crippen LogP contribution in [0.15, 0.2) is 31.7 Å². The molecule has 2 aromatic heterocycles. The summed E-state index contributed by atoms with van der Waals surface area (Å²) in [4.78, 5) is 15.7. The van der Waals surface area contributed by atoms with E-state index in [1.165, 1.54) is 11.8 Å². The number of nitrogen functional groups attached to an aromatic ring is 1. The number of H-pyrrole nitrogens is 1. The maximum atomic E-state index is 11.5. The van der Waals surface area contributed by atoms with Gasteiger partial charge in [0.15, 0.2) is 5.16 Å². The van der Waals surface area contributed by atoms with Gasteiger partial charge in [0.05, 0.1) is 5.69 Å². The van der Waals surface area contributed by atoms with E-state index in [1.54, 1.807) is 16.8 Å². The van der Waals surface area contributed by atoms with Crippen molar-refractivity contribution in [2.24, 2.45) is 0 Å². The van der Waals surface area contributed by atoms with Crippen LogP contribution in [0.1, 0.15) is 13.3 Å². The minimum Gasteiger partial charge on any atom is -0.396 e. The van der Waals surface area contributed by atoms with E-state index in [0.29, 0.717) is 22.4 Å². The number of hydrogen-bond acceptors (Lipinski definition) is 5. The van der Waals surface area contributed by atoms with Gasteiger partial charge < -0.3 is 5.73 Å². The molecule has 3 N–H and O–H groups in total. The molecule has 0 saturated heterocycles. The number of aromatic amines is 1. The molecule has 2 rings (SSSR count). The van der Waals surface area contributed by atoms with Gasteiger partial charge in [-0.05, 0) is 40.2 Å². The maximum absolute atomic E-state index is 11.5. The molecule has 0 aliphatic carbocycles. The van der Waals surface area contributed by atoms with Gasteiger partial charge in [-0.1, -0.05) is 6.92 Å². The lowest BCUT2D eigenvalue weighted by molar-refractivity contribution is 0.603. The Bertz CT molecular complexity index is 609. The summed E-state index contributed by atoms with van der Waals surface area (Å²) in [6.45, 7) is 2.62. The first-order chi connectivity index (χ1) is 8.61. The van der Waals surface area contributed by atoms with Crippen LogP contribution in [0.3, 0.4) is 0 Å². The standard InChI is InChI=1S/C10H12BrN5OS/c1-2-3-16-9(17)14-15-10(16)18-8-7(12)4-6(11)5-13-8/h4-5H,2-3,12H2,1H3,(H,14,17). The van der Waals surface area contributed by atoms with Crippen LogP contribution in [0.25, 0.3) is 0 Å². The monoisotopic (exact) mass is 329 g/mol. The van der Waals surface area contributed by atoms with Crippen molar-refractivity contribution >= 4 is 33.4 Å². The summed E-state index contributed by atoms with van der Waals surface area (Å²) < 4.78 is 2.39. The highest BCUT2D eigenvalue weighted by Gasteiger charge is 2.12. The zero-order chi connectivity index (χ0) is 13.1. The SMILES string of the molecule is CCCn1c(Sc2ncc(Br)cc2N)n[nH]c1=O. The third kappa shape index (κ3) is 2.75. The number of nitrogens with one attached hydrogen (secondary N) is 1. The maximum Gasteiger partial charge on any atom is 0.343 e. The van der Waals surface area contributed by atoms with Crippen molar-refractivity contribution in [1.29, 1.82) is 0 Å². The second kappa shape index (κ2) is 5.57. The van der Waals surface area contributed by atoms with Gasteiger partial charge in [0.1, 0.15) is 5.03 Å². The fourth-order valence-corrected chi connectivity index (χ4v) is 2.60. The third-order valence-corrected chi connectivity index (χ3v) is 3.67. The smallest absolute Gasteiger partial charge is 0.343 e. The molecule has 0 fully saturated rings. The van der Waals surface area contributed by atoms with E-state index in [4.69, 9.17) is 5.73 Å². The molecule has 8 heteroatoms. The highest BCUT2D eigenvalue weighted by Crippen LogP contribution is 2.29. The van der Waals surface area contributed by atoms with Crippen LogP contribution in [0.2, 0.25) is 0 Å². The highest BCUT2D eigenvalue weighted by atomic mass is 79.9. The molecule has 0 aromatic carbocycles. The predicted octanol–water partition coefficient (Wildman–Crippen LogP) is 1.87. The van der Waals surface area contributed by atoms with Gasteiger partial charge in [0.25, 0.3) is 0 Å². The number of nitrogens with two attached hydrogens (primary N) is 1. The molecule has 6 nitrogen and oxygen atoms in total. The molecule has 2 heterocycles. The Labute approximate surface area is 116 Å². The summed E-state index contributed by atoms with van der Waals surface area (Å²) >= 11 is 4.57. The van der Waals surface area contributed by atoms with Gasteiger partial charge >= 0.3 is 5.69 Å². The van der Waals surface area contributed by atoms with Crippen molar-refractivity contribution in [2.45, 2.75) is 30.1 Å². The Kier molecular flexibility index (Phi) is 4.07. The summed E-state index contributed by atoms with van der Waals surface area (Å²) in [6, 6.07) is 1.77. The number of pyridine rings is 1. The first-order valence-corrected chi connectivity index (χ1v) is 6.97. The molecule has 0 aliphatic heterocycles. The lowest BCUT2D eigenvalue weighted by Gasteiger charge is -2.05. The summed E-state index contributed by atoms with van der Waals surface area (Å²) in [5, 5.41) is 7.61. The molecule has 0 unspecified atom stereocenters. The number of nitrogens with zero attached hydrogens (tertiary/aromatic N) is 3. The Balaban J connectivity index is 2.31. The molecular formula is C10H12BrN5OS. The molecule has 0 saturated carbocycles. The Hall–Kier alpha value is -1.28. The van der Waals surface area contributed by atoms with E-state index in [2.05, 4.69) is 31.1 Å². The topological polar surface area (TPSA) is 89.6 Å². The Morgan fingerprint density at radius 3 is 3.06 bits per heavy atom. The van der Waals surface area contributed by atoms with E-state index in [-0.39, 0.29) is 5.69 Å². The minimum atomic E-state index is -0.213. The largest absolute Gasteiger partial charge is 0.396 e. The number of rotatable bonds is 4. The second-order valence-corrected chi connectivity index (χ2v) is 5.48. The van der Waals surface area contributed by atoms with Crippen LogP contribution in [0.4, 0.5) is 5.69 Å². The molecule has 0 bridgehead atoms. The average Bonchev–Trinajstić information content (AvgIpc) is 2.66. The van der Waals surface area contributed by atoms with E-state index >= 15 is 0 Å². The lowest BCUT2D eigenvalue weighted by atomic mass is 10.4. The minimum absolute atomic E-state index is 0.213. The predicted molar refractivity (Wildman–Crippen MR) is 73.6 cm³/mol. The summed E-state index contributed by atoms with van der Waals surface area (Å²) in [6.07, 6.45) is 2.52. The first-order valence-electron chi connectivity index (χ1n) is 5.36. The number of anilines is 1. The van der Waals surface area contributed by atoms with Crippen LogP contribution >= 0.6 is 27.7 Å². The normalized spacial score (nSPS) is 10.8. The van der Waals surface area contributed by atoms with Crippen LogP contribution in [0.5, 0.6) is 0 Å². The van der Waals surface area contributed by atoms with Crippen LogP contribution in [-0.2, 0) is 6.54 Å². The number of aromatic nitrogens is 4. The second-order valence-electron chi connectivity index (χ2n) is 3.61. The van der Waals surface area contributed by atoms with Crippen molar-refractivity contribution < 1.29 is 0 Å². The molecule has 18 heavy (non-hydrogen) atoms. The van der Waals surface area contributed by atoms with Crippen molar-refractivity contribution in [1.82, 2.24) is 19.7 Å². The zero-order valence-corrected chi connectivity index (χ0v) is 12.1. The van der Waals surface area contributed by atoms with Crippen molar-refractivity contribution in [2.75, 3.05) is 5.73 Å². The van der Waals surface area contributed by atoms with E-state index in [9.17, 15) is 4.79 Å². The molecular weight excluding hydrogens is 318 g/mol. The van der Waals surface area contributed by atoms with Gasteiger partial charge in [-0.25, -0.2) is 14.9 Å². The third-order valence-electron chi connectivity index (χ3n) is 2.20. The highest BCUT2D eigenvalue weighted by molar-refractivity contribution is 9.10. The van der Waals surface area contributed by atoms with Crippen molar-refractivity contribution in [3.8, 4) is 0 Å². The molecule has 0 atom stereocenters. The molecule has 0 spiro atoms. The first kappa shape index (κ1) is 13.2. The van der Waals surface area contributed by atoms with E-state index < -0.39 is 0 Å². The zero-order valence-electron chi connectivity index (χ0n) is 9.68. The van der Waals surface area contributed by atoms with Crippen LogP contribution in [0, 0.1) is 0 Å². The summed E-state index contributed by atoms with van der Waals surface area (Å²) in [5.41, 5.74) is 6.20. The van der Waals surface area contributed by atoms with Gasteiger partial charge in [0.2, 0.25) is 0 Å². The fourth-order valence-electron chi connectivity index (χ4n) is 1.42. The van der Waals surface area contributed by atoms with Gasteiger partial charge in [-0.3, -0.25) is 4.57 Å². The van der Waals surface area contributed by atoms with Gasteiger partial charge in [-0.15, -0.1) is 5.10 Å². The Morgan fingerprint density at radius 1 is 1.61 bits per heavy atom. The van der Waals surface area contributed by atoms with E-state index in [0.717, 1.165) is 10.9 Å². The van der Waals surface area contributed by atoms with Crippen molar-refractivity contribution in [3.05, 3.63) is 27.2 Å². The van der Waals surface area contributed by atoms with Crippen LogP contribution in [-0.4, -0.2) is 19.7 Å². The summed E-state index contributed by atoms with van der Waals surface area (Å²) in [7, 11) is 0. The Morgan fingerprint density at radius 2 is 2.39 bits per heavy atom. The molecule has 0 radical (unpaired) electrons.